The second-order valence-electron chi connectivity index (χ2n) is 4.96. The molecule has 4 nitrogen and oxygen atoms in total. The lowest BCUT2D eigenvalue weighted by Gasteiger charge is -2.16. The van der Waals surface area contributed by atoms with Crippen LogP contribution in [0.5, 0.6) is 0 Å². The van der Waals surface area contributed by atoms with E-state index in [9.17, 15) is 9.59 Å². The first-order chi connectivity index (χ1) is 10.5. The predicted molar refractivity (Wildman–Crippen MR) is 90.1 cm³/mol. The molecule has 0 aliphatic carbocycles. The van der Waals surface area contributed by atoms with Crippen molar-refractivity contribution in [2.75, 3.05) is 10.2 Å². The van der Waals surface area contributed by atoms with E-state index >= 15 is 0 Å². The Morgan fingerprint density at radius 2 is 1.86 bits per heavy atom. The van der Waals surface area contributed by atoms with Gasteiger partial charge < -0.3 is 5.32 Å². The number of anilines is 2. The Hall–Kier alpha value is -1.85. The molecule has 1 heterocycles. The van der Waals surface area contributed by atoms with Crippen molar-refractivity contribution in [1.82, 2.24) is 0 Å². The summed E-state index contributed by atoms with van der Waals surface area (Å²) in [5.74, 6) is -0.473. The number of hydrogen-bond acceptors (Lipinski definition) is 3. The van der Waals surface area contributed by atoms with Gasteiger partial charge in [-0.15, -0.1) is 0 Å². The van der Waals surface area contributed by atoms with E-state index < -0.39 is 6.04 Å². The zero-order valence-corrected chi connectivity index (χ0v) is 13.8. The van der Waals surface area contributed by atoms with Crippen LogP contribution in [0.1, 0.15) is 6.42 Å². The minimum Gasteiger partial charge on any atom is -0.373 e. The van der Waals surface area contributed by atoms with Gasteiger partial charge in [0.05, 0.1) is 12.1 Å². The number of carbonyl (C=O) groups excluding carboxylic acids is 2. The number of nitrogens with zero attached hydrogens (tertiary/aromatic N) is 1. The fourth-order valence-corrected chi connectivity index (χ4v) is 2.84. The lowest BCUT2D eigenvalue weighted by atomic mass is 10.2. The Morgan fingerprint density at radius 3 is 2.55 bits per heavy atom. The number of rotatable bonds is 3. The molecule has 0 bridgehead atoms. The van der Waals surface area contributed by atoms with Gasteiger partial charge in [-0.2, -0.15) is 0 Å². The second kappa shape index (κ2) is 6.10. The molecule has 22 heavy (non-hydrogen) atoms. The number of imide groups is 1. The highest BCUT2D eigenvalue weighted by molar-refractivity contribution is 9.10. The molecular formula is C16H12BrClN2O2. The molecule has 112 valence electrons. The Balaban J connectivity index is 1.81. The molecule has 0 aromatic heterocycles. The van der Waals surface area contributed by atoms with Gasteiger partial charge in [-0.25, -0.2) is 4.90 Å². The number of hydrogen-bond donors (Lipinski definition) is 1. The van der Waals surface area contributed by atoms with E-state index in [0.717, 1.165) is 10.2 Å². The SMILES string of the molecule is O=C1CC(Nc2cccc(Cl)c2)C(=O)N1c1ccc(Br)cc1. The minimum absolute atomic E-state index is 0.126. The quantitative estimate of drug-likeness (QED) is 0.824. The summed E-state index contributed by atoms with van der Waals surface area (Å²) in [5.41, 5.74) is 1.30. The molecule has 2 amide bonds. The van der Waals surface area contributed by atoms with Gasteiger partial charge in [-0.1, -0.05) is 33.6 Å². The summed E-state index contributed by atoms with van der Waals surface area (Å²) in [6, 6.07) is 13.6. The van der Waals surface area contributed by atoms with Crippen molar-refractivity contribution in [2.45, 2.75) is 12.5 Å². The van der Waals surface area contributed by atoms with Crippen molar-refractivity contribution in [3.8, 4) is 0 Å². The molecule has 1 fully saturated rings. The topological polar surface area (TPSA) is 49.4 Å². The van der Waals surface area contributed by atoms with E-state index in [-0.39, 0.29) is 18.2 Å². The molecule has 1 atom stereocenters. The first-order valence-corrected chi connectivity index (χ1v) is 7.86. The summed E-state index contributed by atoms with van der Waals surface area (Å²) in [4.78, 5) is 25.9. The van der Waals surface area contributed by atoms with Crippen LogP contribution in [0.25, 0.3) is 0 Å². The smallest absolute Gasteiger partial charge is 0.256 e. The van der Waals surface area contributed by atoms with Crippen molar-refractivity contribution >= 4 is 50.7 Å². The molecule has 0 saturated carbocycles. The standard InChI is InChI=1S/C16H12BrClN2O2/c17-10-4-6-13(7-5-10)20-15(21)9-14(16(20)22)19-12-3-1-2-11(18)8-12/h1-8,14,19H,9H2. The summed E-state index contributed by atoms with van der Waals surface area (Å²) in [5, 5.41) is 3.64. The van der Waals surface area contributed by atoms with E-state index in [1.54, 1.807) is 42.5 Å². The zero-order chi connectivity index (χ0) is 15.7. The third-order valence-electron chi connectivity index (χ3n) is 3.40. The van der Waals surface area contributed by atoms with Crippen molar-refractivity contribution < 1.29 is 9.59 Å². The van der Waals surface area contributed by atoms with Crippen LogP contribution < -0.4 is 10.2 Å². The Morgan fingerprint density at radius 1 is 1.14 bits per heavy atom. The fraction of sp³-hybridized carbons (Fsp3) is 0.125. The van der Waals surface area contributed by atoms with Gasteiger partial charge in [0.1, 0.15) is 6.04 Å². The van der Waals surface area contributed by atoms with Gasteiger partial charge in [-0.05, 0) is 42.5 Å². The normalized spacial score (nSPS) is 17.9. The average Bonchev–Trinajstić information content (AvgIpc) is 2.75. The molecular weight excluding hydrogens is 368 g/mol. The number of benzene rings is 2. The Kier molecular flexibility index (Phi) is 4.18. The molecule has 1 aliphatic rings. The van der Waals surface area contributed by atoms with Gasteiger partial charge in [0.25, 0.3) is 5.91 Å². The van der Waals surface area contributed by atoms with E-state index in [0.29, 0.717) is 10.7 Å². The van der Waals surface area contributed by atoms with Gasteiger partial charge >= 0.3 is 0 Å². The first kappa shape index (κ1) is 15.1. The van der Waals surface area contributed by atoms with Crippen molar-refractivity contribution in [1.29, 1.82) is 0 Å². The molecule has 0 spiro atoms. The number of nitrogens with one attached hydrogen (secondary N) is 1. The van der Waals surface area contributed by atoms with Crippen LogP contribution in [0.15, 0.2) is 53.0 Å². The van der Waals surface area contributed by atoms with E-state index in [4.69, 9.17) is 11.6 Å². The van der Waals surface area contributed by atoms with Crippen LogP contribution in [0.2, 0.25) is 5.02 Å². The van der Waals surface area contributed by atoms with Crippen LogP contribution in [0.3, 0.4) is 0 Å². The van der Waals surface area contributed by atoms with Crippen LogP contribution >= 0.6 is 27.5 Å². The van der Waals surface area contributed by atoms with Crippen LogP contribution in [-0.2, 0) is 9.59 Å². The molecule has 2 aromatic carbocycles. The molecule has 6 heteroatoms. The summed E-state index contributed by atoms with van der Waals surface area (Å²) < 4.78 is 0.893. The maximum absolute atomic E-state index is 12.5. The molecule has 3 rings (SSSR count). The highest BCUT2D eigenvalue weighted by Crippen LogP contribution is 2.26. The molecule has 0 radical (unpaired) electrons. The third kappa shape index (κ3) is 3.00. The monoisotopic (exact) mass is 378 g/mol. The van der Waals surface area contributed by atoms with Crippen molar-refractivity contribution in [3.05, 3.63) is 58.0 Å². The summed E-state index contributed by atoms with van der Waals surface area (Å²) >= 11 is 9.26. The van der Waals surface area contributed by atoms with Gasteiger partial charge in [0.2, 0.25) is 5.91 Å². The Bertz CT molecular complexity index is 733. The van der Waals surface area contributed by atoms with Crippen LogP contribution in [0, 0.1) is 0 Å². The molecule has 2 aromatic rings. The maximum atomic E-state index is 12.5. The number of halogens is 2. The Labute approximate surface area is 141 Å². The largest absolute Gasteiger partial charge is 0.373 e. The van der Waals surface area contributed by atoms with Gasteiger partial charge in [-0.3, -0.25) is 9.59 Å². The predicted octanol–water partition coefficient (Wildman–Crippen LogP) is 3.85. The lowest BCUT2D eigenvalue weighted by molar-refractivity contribution is -0.121. The summed E-state index contributed by atoms with van der Waals surface area (Å²) in [6.07, 6.45) is 0.126. The van der Waals surface area contributed by atoms with E-state index in [1.807, 2.05) is 6.07 Å². The molecule has 1 saturated heterocycles. The summed E-state index contributed by atoms with van der Waals surface area (Å²) in [7, 11) is 0. The average molecular weight is 380 g/mol. The second-order valence-corrected chi connectivity index (χ2v) is 6.31. The van der Waals surface area contributed by atoms with Crippen molar-refractivity contribution in [3.63, 3.8) is 0 Å². The van der Waals surface area contributed by atoms with E-state index in [1.165, 1.54) is 4.90 Å². The minimum atomic E-state index is -0.574. The maximum Gasteiger partial charge on any atom is 0.256 e. The molecule has 1 unspecified atom stereocenters. The third-order valence-corrected chi connectivity index (χ3v) is 4.16. The fourth-order valence-electron chi connectivity index (χ4n) is 2.39. The van der Waals surface area contributed by atoms with E-state index in [2.05, 4.69) is 21.2 Å². The van der Waals surface area contributed by atoms with Gasteiger partial charge in [0, 0.05) is 15.2 Å². The first-order valence-electron chi connectivity index (χ1n) is 6.69. The van der Waals surface area contributed by atoms with Crippen molar-refractivity contribution in [2.24, 2.45) is 0 Å². The van der Waals surface area contributed by atoms with Gasteiger partial charge in [0.15, 0.2) is 0 Å². The highest BCUT2D eigenvalue weighted by Gasteiger charge is 2.39. The number of amides is 2. The molecule has 1 N–H and O–H groups in total. The highest BCUT2D eigenvalue weighted by atomic mass is 79.9. The lowest BCUT2D eigenvalue weighted by Crippen LogP contribution is -2.34. The van der Waals surface area contributed by atoms with Crippen LogP contribution in [-0.4, -0.2) is 17.9 Å². The summed E-state index contributed by atoms with van der Waals surface area (Å²) in [6.45, 7) is 0. The van der Waals surface area contributed by atoms with Crippen LogP contribution in [0.4, 0.5) is 11.4 Å². The number of carbonyl (C=O) groups is 2. The molecule has 1 aliphatic heterocycles. The zero-order valence-electron chi connectivity index (χ0n) is 11.4.